The van der Waals surface area contributed by atoms with Crippen molar-refractivity contribution in [1.29, 1.82) is 0 Å². The maximum absolute atomic E-state index is 9.67. The van der Waals surface area contributed by atoms with E-state index >= 15 is 0 Å². The van der Waals surface area contributed by atoms with E-state index in [1.54, 1.807) is 0 Å². The highest BCUT2D eigenvalue weighted by Crippen LogP contribution is 2.27. The molecular weight excluding hydrogens is 386 g/mol. The lowest BCUT2D eigenvalue weighted by atomic mass is 9.98. The van der Waals surface area contributed by atoms with E-state index in [0.717, 1.165) is 38.2 Å². The Bertz CT molecular complexity index is 643. The SMILES string of the molecule is C/C(=C\C1=C(N)OCO1)N1CCN(OC2CCCCC2)C(C)C1.NC1(NC=O)CC1. The fraction of sp³-hybridized carbons (Fsp3) is 0.762. The summed E-state index contributed by atoms with van der Waals surface area (Å²) in [5, 5.41) is 4.68. The van der Waals surface area contributed by atoms with Crippen molar-refractivity contribution in [3.05, 3.63) is 23.4 Å². The minimum Gasteiger partial charge on any atom is -0.452 e. The third kappa shape index (κ3) is 6.52. The van der Waals surface area contributed by atoms with Gasteiger partial charge in [-0.1, -0.05) is 19.3 Å². The third-order valence-corrected chi connectivity index (χ3v) is 6.05. The number of amides is 1. The summed E-state index contributed by atoms with van der Waals surface area (Å²) in [4.78, 5) is 18.3. The number of allylic oxidation sites excluding steroid dienone is 2. The molecule has 3 fully saturated rings. The Morgan fingerprint density at radius 3 is 2.50 bits per heavy atom. The number of nitrogens with two attached hydrogens (primary N) is 2. The Morgan fingerprint density at radius 2 is 1.97 bits per heavy atom. The van der Waals surface area contributed by atoms with E-state index in [1.807, 2.05) is 6.08 Å². The number of rotatable bonds is 6. The van der Waals surface area contributed by atoms with Gasteiger partial charge in [0.15, 0.2) is 5.76 Å². The van der Waals surface area contributed by atoms with Gasteiger partial charge in [-0.25, -0.2) is 0 Å². The van der Waals surface area contributed by atoms with E-state index in [1.165, 1.54) is 32.1 Å². The summed E-state index contributed by atoms with van der Waals surface area (Å²) < 4.78 is 10.5. The predicted molar refractivity (Wildman–Crippen MR) is 113 cm³/mol. The molecule has 0 radical (unpaired) electrons. The number of nitrogens with one attached hydrogen (secondary N) is 1. The first kappa shape index (κ1) is 22.7. The molecule has 2 aliphatic heterocycles. The topological polar surface area (TPSA) is 115 Å². The first-order chi connectivity index (χ1) is 14.4. The highest BCUT2D eigenvalue weighted by Gasteiger charge is 2.37. The Morgan fingerprint density at radius 1 is 1.23 bits per heavy atom. The molecule has 1 unspecified atom stereocenters. The molecule has 2 heterocycles. The number of hydrogen-bond donors (Lipinski definition) is 3. The second-order valence-corrected chi connectivity index (χ2v) is 8.64. The van der Waals surface area contributed by atoms with Crippen molar-refractivity contribution in [3.63, 3.8) is 0 Å². The van der Waals surface area contributed by atoms with E-state index in [-0.39, 0.29) is 12.5 Å². The van der Waals surface area contributed by atoms with Crippen LogP contribution in [0.2, 0.25) is 0 Å². The third-order valence-electron chi connectivity index (χ3n) is 6.05. The van der Waals surface area contributed by atoms with Crippen LogP contribution in [0.3, 0.4) is 0 Å². The molecule has 0 bridgehead atoms. The van der Waals surface area contributed by atoms with E-state index in [2.05, 4.69) is 29.1 Å². The molecule has 1 atom stereocenters. The summed E-state index contributed by atoms with van der Waals surface area (Å²) >= 11 is 0. The highest BCUT2D eigenvalue weighted by atomic mass is 16.7. The molecule has 9 heteroatoms. The first-order valence-electron chi connectivity index (χ1n) is 11.0. The smallest absolute Gasteiger partial charge is 0.233 e. The monoisotopic (exact) mass is 423 g/mol. The van der Waals surface area contributed by atoms with Gasteiger partial charge < -0.3 is 31.2 Å². The lowest BCUT2D eigenvalue weighted by Crippen LogP contribution is -2.52. The van der Waals surface area contributed by atoms with Crippen LogP contribution in [0.1, 0.15) is 58.8 Å². The van der Waals surface area contributed by atoms with Crippen molar-refractivity contribution in [2.45, 2.75) is 76.6 Å². The van der Waals surface area contributed by atoms with Gasteiger partial charge in [-0.3, -0.25) is 9.63 Å². The number of carbonyl (C=O) groups excluding carboxylic acids is 1. The Kier molecular flexibility index (Phi) is 7.85. The number of hydroxylamine groups is 2. The Balaban J connectivity index is 0.000000310. The van der Waals surface area contributed by atoms with Crippen LogP contribution >= 0.6 is 0 Å². The second kappa shape index (κ2) is 10.4. The van der Waals surface area contributed by atoms with Crippen LogP contribution in [0, 0.1) is 0 Å². The molecule has 4 aliphatic rings. The number of nitrogens with zero attached hydrogens (tertiary/aromatic N) is 2. The van der Waals surface area contributed by atoms with Crippen LogP contribution in [0.4, 0.5) is 0 Å². The molecule has 170 valence electrons. The molecule has 30 heavy (non-hydrogen) atoms. The van der Waals surface area contributed by atoms with Crippen molar-refractivity contribution in [2.75, 3.05) is 26.4 Å². The number of hydrogen-bond acceptors (Lipinski definition) is 8. The van der Waals surface area contributed by atoms with Crippen molar-refractivity contribution in [3.8, 4) is 0 Å². The zero-order chi connectivity index (χ0) is 21.6. The maximum Gasteiger partial charge on any atom is 0.233 e. The second-order valence-electron chi connectivity index (χ2n) is 8.64. The fourth-order valence-electron chi connectivity index (χ4n) is 3.87. The lowest BCUT2D eigenvalue weighted by Gasteiger charge is -2.42. The van der Waals surface area contributed by atoms with Gasteiger partial charge in [0.1, 0.15) is 0 Å². The van der Waals surface area contributed by atoms with Gasteiger partial charge in [0.05, 0.1) is 17.8 Å². The predicted octanol–water partition coefficient (Wildman–Crippen LogP) is 1.47. The zero-order valence-corrected chi connectivity index (χ0v) is 18.3. The van der Waals surface area contributed by atoms with Crippen molar-refractivity contribution in [2.24, 2.45) is 11.5 Å². The number of ether oxygens (including phenoxy) is 2. The van der Waals surface area contributed by atoms with Crippen molar-refractivity contribution in [1.82, 2.24) is 15.3 Å². The van der Waals surface area contributed by atoms with E-state index in [0.29, 0.717) is 30.2 Å². The summed E-state index contributed by atoms with van der Waals surface area (Å²) in [6.45, 7) is 7.35. The summed E-state index contributed by atoms with van der Waals surface area (Å²) in [5.41, 5.74) is 12.0. The molecule has 9 nitrogen and oxygen atoms in total. The van der Waals surface area contributed by atoms with Crippen LogP contribution in [-0.2, 0) is 19.1 Å². The van der Waals surface area contributed by atoms with Crippen LogP contribution in [-0.4, -0.2) is 60.6 Å². The average molecular weight is 424 g/mol. The number of carbonyl (C=O) groups is 1. The minimum absolute atomic E-state index is 0.213. The molecule has 0 spiro atoms. The number of piperazine rings is 1. The molecule has 1 amide bonds. The minimum atomic E-state index is -0.318. The molecule has 1 saturated heterocycles. The first-order valence-corrected chi connectivity index (χ1v) is 11.0. The molecule has 2 aliphatic carbocycles. The quantitative estimate of drug-likeness (QED) is 0.435. The van der Waals surface area contributed by atoms with Crippen molar-refractivity contribution >= 4 is 6.41 Å². The van der Waals surface area contributed by atoms with E-state index in [9.17, 15) is 4.79 Å². The normalized spacial score (nSPS) is 27.0. The molecule has 4 rings (SSSR count). The molecule has 0 aromatic carbocycles. The zero-order valence-electron chi connectivity index (χ0n) is 18.3. The van der Waals surface area contributed by atoms with E-state index in [4.69, 9.17) is 25.8 Å². The lowest BCUT2D eigenvalue weighted by molar-refractivity contribution is -0.237. The fourth-order valence-corrected chi connectivity index (χ4v) is 3.87. The van der Waals surface area contributed by atoms with Gasteiger partial charge in [-0.15, -0.1) is 0 Å². The molecule has 5 N–H and O–H groups in total. The Hall–Kier alpha value is -1.97. The van der Waals surface area contributed by atoms with Gasteiger partial charge in [0.2, 0.25) is 19.1 Å². The van der Waals surface area contributed by atoms with Gasteiger partial charge in [-0.05, 0) is 39.5 Å². The molecular formula is C21H37N5O4. The largest absolute Gasteiger partial charge is 0.452 e. The van der Waals surface area contributed by atoms with Crippen LogP contribution in [0.15, 0.2) is 23.4 Å². The average Bonchev–Trinajstić information content (AvgIpc) is 3.33. The van der Waals surface area contributed by atoms with E-state index < -0.39 is 0 Å². The maximum atomic E-state index is 9.67. The van der Waals surface area contributed by atoms with Crippen LogP contribution in [0.5, 0.6) is 0 Å². The van der Waals surface area contributed by atoms with Gasteiger partial charge >= 0.3 is 0 Å². The standard InChI is InChI=1S/C17H29N3O3.C4H8N2O/c1-13(10-16-17(18)22-12-21-16)19-8-9-20(14(2)11-19)23-15-6-4-3-5-7-15;5-4(1-2-4)6-3-7/h10,14-15H,3-9,11-12,18H2,1-2H3;3H,1-2,5H2,(H,6,7)/b13-10+;. The molecule has 0 aromatic heterocycles. The van der Waals surface area contributed by atoms with Gasteiger partial charge in [0.25, 0.3) is 0 Å². The van der Waals surface area contributed by atoms with Crippen LogP contribution in [0.25, 0.3) is 0 Å². The van der Waals surface area contributed by atoms with Crippen molar-refractivity contribution < 1.29 is 19.1 Å². The highest BCUT2D eigenvalue weighted by molar-refractivity contribution is 5.48. The van der Waals surface area contributed by atoms with Gasteiger partial charge in [-0.2, -0.15) is 5.06 Å². The summed E-state index contributed by atoms with van der Waals surface area (Å²) in [6.07, 6.45) is 11.3. The van der Waals surface area contributed by atoms with Gasteiger partial charge in [0, 0.05) is 31.4 Å². The summed E-state index contributed by atoms with van der Waals surface area (Å²) in [7, 11) is 0. The van der Waals surface area contributed by atoms with Crippen LogP contribution < -0.4 is 16.8 Å². The summed E-state index contributed by atoms with van der Waals surface area (Å²) in [6, 6.07) is 0.376. The molecule has 0 aromatic rings. The molecule has 2 saturated carbocycles. The Labute approximate surface area is 179 Å². The summed E-state index contributed by atoms with van der Waals surface area (Å²) in [5.74, 6) is 1.01.